The number of benzene rings is 3. The minimum absolute atomic E-state index is 0.491. The number of fused-ring (bicyclic) bond motifs is 1. The van der Waals surface area contributed by atoms with Crippen molar-refractivity contribution in [2.45, 2.75) is 25.8 Å². The molecule has 2 heterocycles. The highest BCUT2D eigenvalue weighted by Crippen LogP contribution is 2.32. The molecule has 0 radical (unpaired) electrons. The number of aromatic nitrogens is 1. The van der Waals surface area contributed by atoms with E-state index in [1.165, 1.54) is 0 Å². The lowest BCUT2D eigenvalue weighted by Crippen LogP contribution is -2.25. The number of nitrogens with zero attached hydrogens (tertiary/aromatic N) is 2. The summed E-state index contributed by atoms with van der Waals surface area (Å²) in [6.45, 7) is 3.36. The first-order chi connectivity index (χ1) is 17.7. The van der Waals surface area contributed by atoms with Crippen LogP contribution in [-0.2, 0) is 19.7 Å². The number of rotatable bonds is 8. The van der Waals surface area contributed by atoms with E-state index in [9.17, 15) is 5.11 Å². The predicted molar refractivity (Wildman–Crippen MR) is 138 cm³/mol. The summed E-state index contributed by atoms with van der Waals surface area (Å²) in [6, 6.07) is 25.8. The lowest BCUT2D eigenvalue weighted by atomic mass is 10.00. The highest BCUT2D eigenvalue weighted by atomic mass is 16.5. The van der Waals surface area contributed by atoms with Crippen molar-refractivity contribution in [2.24, 2.45) is 0 Å². The van der Waals surface area contributed by atoms with Crippen molar-refractivity contribution in [3.8, 4) is 17.2 Å². The summed E-state index contributed by atoms with van der Waals surface area (Å²) in [5.41, 5.74) is 4.97. The Bertz CT molecular complexity index is 1280. The zero-order chi connectivity index (χ0) is 24.7. The molecule has 3 aromatic carbocycles. The number of hydrogen-bond acceptors (Lipinski definition) is 6. The Morgan fingerprint density at radius 3 is 2.56 bits per heavy atom. The lowest BCUT2D eigenvalue weighted by molar-refractivity contribution is 0.218. The first-order valence-corrected chi connectivity index (χ1v) is 12.1. The van der Waals surface area contributed by atoms with E-state index < -0.39 is 6.10 Å². The van der Waals surface area contributed by atoms with Gasteiger partial charge in [0.15, 0.2) is 11.5 Å². The first-order valence-electron chi connectivity index (χ1n) is 12.1. The normalized spacial score (nSPS) is 14.3. The fourth-order valence-electron chi connectivity index (χ4n) is 4.43. The number of ether oxygens (including phenoxy) is 3. The van der Waals surface area contributed by atoms with Gasteiger partial charge in [-0.2, -0.15) is 0 Å². The molecule has 6 heteroatoms. The van der Waals surface area contributed by atoms with Gasteiger partial charge in [-0.05, 0) is 58.7 Å². The third kappa shape index (κ3) is 5.67. The van der Waals surface area contributed by atoms with Crippen LogP contribution in [0.25, 0.3) is 0 Å². The molecule has 1 atom stereocenters. The second-order valence-electron chi connectivity index (χ2n) is 8.87. The van der Waals surface area contributed by atoms with E-state index in [0.717, 1.165) is 64.7 Å². The fourth-order valence-corrected chi connectivity index (χ4v) is 4.43. The predicted octanol–water partition coefficient (Wildman–Crippen LogP) is 5.15. The van der Waals surface area contributed by atoms with E-state index in [-0.39, 0.29) is 0 Å². The second kappa shape index (κ2) is 11.2. The molecule has 0 aliphatic carbocycles. The molecule has 0 saturated heterocycles. The van der Waals surface area contributed by atoms with E-state index in [0.29, 0.717) is 13.2 Å². The van der Waals surface area contributed by atoms with E-state index in [1.807, 2.05) is 72.8 Å². The van der Waals surface area contributed by atoms with Gasteiger partial charge in [-0.3, -0.25) is 9.88 Å². The van der Waals surface area contributed by atoms with Crippen LogP contribution in [0.5, 0.6) is 17.2 Å². The van der Waals surface area contributed by atoms with Crippen LogP contribution in [0.1, 0.15) is 33.9 Å². The quantitative estimate of drug-likeness (QED) is 0.375. The molecule has 1 aliphatic heterocycles. The smallest absolute Gasteiger partial charge is 0.161 e. The van der Waals surface area contributed by atoms with Crippen LogP contribution in [0.15, 0.2) is 91.3 Å². The average Bonchev–Trinajstić information content (AvgIpc) is 3.14. The molecule has 0 fully saturated rings. The highest BCUT2D eigenvalue weighted by Gasteiger charge is 2.19. The first kappa shape index (κ1) is 23.9. The van der Waals surface area contributed by atoms with E-state index in [2.05, 4.69) is 16.0 Å². The Hall–Kier alpha value is -3.87. The van der Waals surface area contributed by atoms with Crippen molar-refractivity contribution in [2.75, 3.05) is 20.3 Å². The van der Waals surface area contributed by atoms with Crippen molar-refractivity contribution in [3.05, 3.63) is 119 Å². The Kier molecular flexibility index (Phi) is 7.45. The van der Waals surface area contributed by atoms with E-state index >= 15 is 0 Å². The van der Waals surface area contributed by atoms with Crippen LogP contribution in [-0.4, -0.2) is 35.3 Å². The van der Waals surface area contributed by atoms with Crippen LogP contribution in [0.3, 0.4) is 0 Å². The second-order valence-corrected chi connectivity index (χ2v) is 8.87. The molecule has 0 spiro atoms. The Morgan fingerprint density at radius 2 is 1.75 bits per heavy atom. The number of aliphatic hydroxyl groups is 1. The molecule has 0 bridgehead atoms. The van der Waals surface area contributed by atoms with Gasteiger partial charge < -0.3 is 19.3 Å². The molecule has 1 aromatic heterocycles. The summed E-state index contributed by atoms with van der Waals surface area (Å²) in [6.07, 6.45) is 2.68. The van der Waals surface area contributed by atoms with Gasteiger partial charge >= 0.3 is 0 Å². The van der Waals surface area contributed by atoms with Crippen molar-refractivity contribution in [1.29, 1.82) is 0 Å². The molecule has 0 amide bonds. The summed E-state index contributed by atoms with van der Waals surface area (Å²) in [5.74, 6) is 2.31. The SMILES string of the molecule is COc1cc(CN2CCOc3ccc([C@H](O)c4ccncc4)cc3C2)ccc1OCc1ccccc1. The third-order valence-electron chi connectivity index (χ3n) is 6.35. The van der Waals surface area contributed by atoms with Gasteiger partial charge in [0.1, 0.15) is 25.1 Å². The van der Waals surface area contributed by atoms with Crippen molar-refractivity contribution >= 4 is 0 Å². The van der Waals surface area contributed by atoms with Gasteiger partial charge in [-0.25, -0.2) is 0 Å². The minimum atomic E-state index is -0.706. The van der Waals surface area contributed by atoms with Crippen molar-refractivity contribution in [1.82, 2.24) is 9.88 Å². The highest BCUT2D eigenvalue weighted by molar-refractivity contribution is 5.44. The van der Waals surface area contributed by atoms with Crippen LogP contribution in [0.4, 0.5) is 0 Å². The van der Waals surface area contributed by atoms with E-state index in [4.69, 9.17) is 14.2 Å². The summed E-state index contributed by atoms with van der Waals surface area (Å²) < 4.78 is 17.7. The maximum atomic E-state index is 10.9. The molecule has 0 saturated carbocycles. The maximum absolute atomic E-state index is 10.9. The van der Waals surface area contributed by atoms with Gasteiger partial charge in [0.05, 0.1) is 7.11 Å². The van der Waals surface area contributed by atoms with Crippen molar-refractivity contribution < 1.29 is 19.3 Å². The van der Waals surface area contributed by atoms with Gasteiger partial charge in [0.25, 0.3) is 0 Å². The fraction of sp³-hybridized carbons (Fsp3) is 0.233. The minimum Gasteiger partial charge on any atom is -0.493 e. The molecule has 0 unspecified atom stereocenters. The maximum Gasteiger partial charge on any atom is 0.161 e. The van der Waals surface area contributed by atoms with Crippen LogP contribution in [0.2, 0.25) is 0 Å². The molecule has 4 aromatic rings. The third-order valence-corrected chi connectivity index (χ3v) is 6.35. The van der Waals surface area contributed by atoms with Crippen LogP contribution < -0.4 is 14.2 Å². The zero-order valence-electron chi connectivity index (χ0n) is 20.3. The average molecular weight is 483 g/mol. The summed E-state index contributed by atoms with van der Waals surface area (Å²) in [4.78, 5) is 6.38. The number of pyridine rings is 1. The largest absolute Gasteiger partial charge is 0.493 e. The standard InChI is InChI=1S/C30H30N2O4/c1-34-29-17-23(7-9-28(29)36-21-22-5-3-2-4-6-22)19-32-15-16-35-27-10-8-25(18-26(27)20-32)30(33)24-11-13-31-14-12-24/h2-14,17-18,30,33H,15-16,19-21H2,1H3/t30-/m1/s1. The monoisotopic (exact) mass is 482 g/mol. The summed E-state index contributed by atoms with van der Waals surface area (Å²) >= 11 is 0. The zero-order valence-corrected chi connectivity index (χ0v) is 20.3. The van der Waals surface area contributed by atoms with Crippen LogP contribution >= 0.6 is 0 Å². The van der Waals surface area contributed by atoms with Gasteiger partial charge in [-0.1, -0.05) is 42.5 Å². The topological polar surface area (TPSA) is 64.1 Å². The van der Waals surface area contributed by atoms with Crippen molar-refractivity contribution in [3.63, 3.8) is 0 Å². The summed E-state index contributed by atoms with van der Waals surface area (Å²) in [7, 11) is 1.67. The molecule has 36 heavy (non-hydrogen) atoms. The Labute approximate surface area is 211 Å². The molecular formula is C30H30N2O4. The summed E-state index contributed by atoms with van der Waals surface area (Å²) in [5, 5.41) is 10.9. The molecule has 5 rings (SSSR count). The molecular weight excluding hydrogens is 452 g/mol. The molecule has 6 nitrogen and oxygen atoms in total. The molecule has 184 valence electrons. The molecule has 1 aliphatic rings. The van der Waals surface area contributed by atoms with Gasteiger partial charge in [0.2, 0.25) is 0 Å². The lowest BCUT2D eigenvalue weighted by Gasteiger charge is -2.21. The Balaban J connectivity index is 1.28. The number of aliphatic hydroxyl groups excluding tert-OH is 1. The Morgan fingerprint density at radius 1 is 0.917 bits per heavy atom. The van der Waals surface area contributed by atoms with Crippen LogP contribution in [0, 0.1) is 0 Å². The van der Waals surface area contributed by atoms with E-state index in [1.54, 1.807) is 19.5 Å². The number of hydrogen-bond donors (Lipinski definition) is 1. The van der Waals surface area contributed by atoms with Gasteiger partial charge in [-0.15, -0.1) is 0 Å². The van der Waals surface area contributed by atoms with Gasteiger partial charge in [0, 0.05) is 37.6 Å². The number of methoxy groups -OCH3 is 1. The molecule has 1 N–H and O–H groups in total.